The molecule has 23 heavy (non-hydrogen) atoms. The van der Waals surface area contributed by atoms with Gasteiger partial charge in [0.2, 0.25) is 0 Å². The number of hydrogen-bond donors (Lipinski definition) is 1. The van der Waals surface area contributed by atoms with Crippen molar-refractivity contribution in [2.24, 2.45) is 0 Å². The Morgan fingerprint density at radius 3 is 2.87 bits per heavy atom. The average molecular weight is 310 g/mol. The summed E-state index contributed by atoms with van der Waals surface area (Å²) in [6, 6.07) is 11.9. The van der Waals surface area contributed by atoms with Gasteiger partial charge in [0.15, 0.2) is 0 Å². The first-order valence-electron chi connectivity index (χ1n) is 7.07. The number of nitrogens with zero attached hydrogens (tertiary/aromatic N) is 3. The number of aromatic nitrogens is 2. The predicted molar refractivity (Wildman–Crippen MR) is 87.1 cm³/mol. The van der Waals surface area contributed by atoms with E-state index < -0.39 is 4.92 Å². The van der Waals surface area contributed by atoms with Crippen LogP contribution in [0.25, 0.3) is 11.0 Å². The first-order chi connectivity index (χ1) is 11.2. The summed E-state index contributed by atoms with van der Waals surface area (Å²) in [4.78, 5) is 19.0. The molecule has 1 heterocycles. The molecular weight excluding hydrogens is 296 g/mol. The zero-order valence-corrected chi connectivity index (χ0v) is 12.4. The van der Waals surface area contributed by atoms with Gasteiger partial charge in [-0.2, -0.15) is 0 Å². The van der Waals surface area contributed by atoms with E-state index in [2.05, 4.69) is 15.3 Å². The van der Waals surface area contributed by atoms with Crippen LogP contribution in [0, 0.1) is 10.1 Å². The summed E-state index contributed by atoms with van der Waals surface area (Å²) in [5, 5.41) is 14.0. The molecule has 3 rings (SSSR count). The number of hydrogen-bond acceptors (Lipinski definition) is 6. The quantitative estimate of drug-likeness (QED) is 0.571. The largest absolute Gasteiger partial charge is 0.494 e. The van der Waals surface area contributed by atoms with E-state index in [1.807, 2.05) is 31.2 Å². The topological polar surface area (TPSA) is 90.2 Å². The first-order valence-corrected chi connectivity index (χ1v) is 7.07. The normalized spacial score (nSPS) is 10.5. The Kier molecular flexibility index (Phi) is 4.01. The summed E-state index contributed by atoms with van der Waals surface area (Å²) >= 11 is 0. The van der Waals surface area contributed by atoms with Crippen LogP contribution in [0.1, 0.15) is 6.92 Å². The zero-order valence-electron chi connectivity index (χ0n) is 12.4. The lowest BCUT2D eigenvalue weighted by Gasteiger charge is -2.08. The molecule has 1 aromatic heterocycles. The van der Waals surface area contributed by atoms with Gasteiger partial charge in [0.05, 0.1) is 28.8 Å². The number of ether oxygens (including phenoxy) is 1. The Labute approximate surface area is 132 Å². The van der Waals surface area contributed by atoms with E-state index in [0.717, 1.165) is 11.4 Å². The second-order valence-electron chi connectivity index (χ2n) is 4.77. The fraction of sp³-hybridized carbons (Fsp3) is 0.125. The van der Waals surface area contributed by atoms with E-state index in [4.69, 9.17) is 4.74 Å². The van der Waals surface area contributed by atoms with Crippen LogP contribution in [-0.2, 0) is 0 Å². The van der Waals surface area contributed by atoms with Crippen LogP contribution in [0.4, 0.5) is 17.2 Å². The molecule has 2 aromatic carbocycles. The minimum absolute atomic E-state index is 0.0118. The predicted octanol–water partition coefficient (Wildman–Crippen LogP) is 3.68. The third kappa shape index (κ3) is 3.34. The van der Waals surface area contributed by atoms with Gasteiger partial charge in [-0.1, -0.05) is 6.07 Å². The molecule has 116 valence electrons. The van der Waals surface area contributed by atoms with E-state index in [1.165, 1.54) is 12.1 Å². The van der Waals surface area contributed by atoms with Crippen molar-refractivity contribution < 1.29 is 9.66 Å². The number of nitrogens with one attached hydrogen (secondary N) is 1. The van der Waals surface area contributed by atoms with E-state index in [-0.39, 0.29) is 5.69 Å². The van der Waals surface area contributed by atoms with Crippen LogP contribution in [0.3, 0.4) is 0 Å². The molecule has 0 aliphatic heterocycles. The zero-order chi connectivity index (χ0) is 16.2. The highest BCUT2D eigenvalue weighted by atomic mass is 16.6. The fourth-order valence-electron chi connectivity index (χ4n) is 2.15. The van der Waals surface area contributed by atoms with Crippen molar-refractivity contribution in [3.8, 4) is 5.75 Å². The van der Waals surface area contributed by atoms with Gasteiger partial charge in [-0.3, -0.25) is 15.1 Å². The number of rotatable bonds is 5. The second-order valence-corrected chi connectivity index (χ2v) is 4.77. The van der Waals surface area contributed by atoms with Crippen LogP contribution in [0.15, 0.2) is 48.7 Å². The van der Waals surface area contributed by atoms with E-state index in [1.54, 1.807) is 12.3 Å². The maximum atomic E-state index is 10.8. The number of benzene rings is 2. The summed E-state index contributed by atoms with van der Waals surface area (Å²) in [5.41, 5.74) is 1.85. The molecule has 1 N–H and O–H groups in total. The molecule has 0 aliphatic rings. The van der Waals surface area contributed by atoms with Crippen molar-refractivity contribution in [3.63, 3.8) is 0 Å². The van der Waals surface area contributed by atoms with Crippen LogP contribution in [-0.4, -0.2) is 21.5 Å². The lowest BCUT2D eigenvalue weighted by molar-refractivity contribution is -0.384. The SMILES string of the molecule is CCOc1cccc(Nc2cnc3ccc([N+](=O)[O-])cc3n2)c1. The number of fused-ring (bicyclic) bond motifs is 1. The van der Waals surface area contributed by atoms with Crippen molar-refractivity contribution in [3.05, 3.63) is 58.8 Å². The Hall–Kier alpha value is -3.22. The van der Waals surface area contributed by atoms with Crippen LogP contribution in [0.2, 0.25) is 0 Å². The van der Waals surface area contributed by atoms with Gasteiger partial charge in [0.25, 0.3) is 5.69 Å². The van der Waals surface area contributed by atoms with E-state index in [0.29, 0.717) is 23.5 Å². The molecule has 0 bridgehead atoms. The number of nitro benzene ring substituents is 1. The van der Waals surface area contributed by atoms with Crippen LogP contribution in [0.5, 0.6) is 5.75 Å². The Morgan fingerprint density at radius 2 is 2.09 bits per heavy atom. The third-order valence-electron chi connectivity index (χ3n) is 3.15. The maximum Gasteiger partial charge on any atom is 0.271 e. The van der Waals surface area contributed by atoms with Crippen molar-refractivity contribution in [1.82, 2.24) is 9.97 Å². The minimum Gasteiger partial charge on any atom is -0.494 e. The number of nitro groups is 1. The highest BCUT2D eigenvalue weighted by molar-refractivity contribution is 5.78. The molecule has 3 aromatic rings. The van der Waals surface area contributed by atoms with Gasteiger partial charge >= 0.3 is 0 Å². The lowest BCUT2D eigenvalue weighted by atomic mass is 10.2. The number of non-ortho nitro benzene ring substituents is 1. The smallest absolute Gasteiger partial charge is 0.271 e. The fourth-order valence-corrected chi connectivity index (χ4v) is 2.15. The minimum atomic E-state index is -0.452. The molecule has 0 aliphatic carbocycles. The van der Waals surface area contributed by atoms with Crippen molar-refractivity contribution in [1.29, 1.82) is 0 Å². The van der Waals surface area contributed by atoms with E-state index in [9.17, 15) is 10.1 Å². The van der Waals surface area contributed by atoms with Gasteiger partial charge in [-0.05, 0) is 25.1 Å². The molecule has 0 radical (unpaired) electrons. The van der Waals surface area contributed by atoms with Gasteiger partial charge in [0, 0.05) is 23.9 Å². The molecule has 0 amide bonds. The lowest BCUT2D eigenvalue weighted by Crippen LogP contribution is -1.97. The maximum absolute atomic E-state index is 10.8. The van der Waals surface area contributed by atoms with Gasteiger partial charge in [0.1, 0.15) is 11.6 Å². The molecule has 7 heteroatoms. The van der Waals surface area contributed by atoms with Gasteiger partial charge in [-0.25, -0.2) is 4.98 Å². The molecule has 0 unspecified atom stereocenters. The highest BCUT2D eigenvalue weighted by Gasteiger charge is 2.08. The Balaban J connectivity index is 1.90. The van der Waals surface area contributed by atoms with Gasteiger partial charge in [-0.15, -0.1) is 0 Å². The van der Waals surface area contributed by atoms with Gasteiger partial charge < -0.3 is 10.1 Å². The van der Waals surface area contributed by atoms with E-state index >= 15 is 0 Å². The molecule has 7 nitrogen and oxygen atoms in total. The summed E-state index contributed by atoms with van der Waals surface area (Å²) in [5.74, 6) is 1.26. The third-order valence-corrected chi connectivity index (χ3v) is 3.15. The summed E-state index contributed by atoms with van der Waals surface area (Å²) < 4.78 is 5.45. The Morgan fingerprint density at radius 1 is 1.22 bits per heavy atom. The molecule has 0 saturated heterocycles. The molecular formula is C16H14N4O3. The van der Waals surface area contributed by atoms with Crippen LogP contribution >= 0.6 is 0 Å². The summed E-state index contributed by atoms with van der Waals surface area (Å²) in [7, 11) is 0. The molecule has 0 saturated carbocycles. The monoisotopic (exact) mass is 310 g/mol. The average Bonchev–Trinajstić information content (AvgIpc) is 2.55. The molecule has 0 atom stereocenters. The first kappa shape index (κ1) is 14.7. The molecule has 0 fully saturated rings. The van der Waals surface area contributed by atoms with Crippen molar-refractivity contribution in [2.75, 3.05) is 11.9 Å². The highest BCUT2D eigenvalue weighted by Crippen LogP contribution is 2.23. The Bertz CT molecular complexity index is 867. The second kappa shape index (κ2) is 6.27. The molecule has 0 spiro atoms. The standard InChI is InChI=1S/C16H14N4O3/c1-2-23-13-5-3-4-11(8-13)18-16-10-17-14-7-6-12(20(21)22)9-15(14)19-16/h3-10H,2H2,1H3,(H,18,19). The number of anilines is 2. The van der Waals surface area contributed by atoms with Crippen molar-refractivity contribution in [2.45, 2.75) is 6.92 Å². The summed E-state index contributed by atoms with van der Waals surface area (Å²) in [6.07, 6.45) is 1.58. The summed E-state index contributed by atoms with van der Waals surface area (Å²) in [6.45, 7) is 2.50. The van der Waals surface area contributed by atoms with Crippen molar-refractivity contribution >= 4 is 28.2 Å². The van der Waals surface area contributed by atoms with Crippen LogP contribution < -0.4 is 10.1 Å².